The number of benzene rings is 3. The second-order valence-corrected chi connectivity index (χ2v) is 11.3. The maximum atomic E-state index is 12.4. The van der Waals surface area contributed by atoms with Crippen LogP contribution in [0.4, 0.5) is 4.79 Å². The highest BCUT2D eigenvalue weighted by atomic mass is 79.9. The number of amides is 2. The van der Waals surface area contributed by atoms with Gasteiger partial charge in [0.2, 0.25) is 0 Å². The number of hydrogen-bond donors (Lipinski definition) is 4. The molecule has 0 bridgehead atoms. The predicted molar refractivity (Wildman–Crippen MR) is 174 cm³/mol. The standard InChI is InChI=1S/C32H34BrClN4O7/c1-5-43-26-14-22(29-28(31(40)42-4)19(3)36-32(41)37-29)9-10-25(26)44-17-27(39)38-35-15-21-12-23(33)30(24(34)13-21)45-16-20-8-6-7-18(2)11-20/h6-15,27,29,38-39H,5,16-17H2,1-4H3,(H2,36,37,41)/b35-15-/t27-,29+/m1/s1. The molecule has 0 fully saturated rings. The number of aliphatic hydroxyl groups excluding tert-OH is 1. The minimum Gasteiger partial charge on any atom is -0.490 e. The number of urea groups is 1. The highest BCUT2D eigenvalue weighted by Crippen LogP contribution is 2.36. The first kappa shape index (κ1) is 33.6. The van der Waals surface area contributed by atoms with E-state index >= 15 is 0 Å². The number of hydrazone groups is 1. The Morgan fingerprint density at radius 3 is 2.64 bits per heavy atom. The zero-order valence-corrected chi connectivity index (χ0v) is 27.5. The van der Waals surface area contributed by atoms with Crippen LogP contribution in [0.5, 0.6) is 17.2 Å². The van der Waals surface area contributed by atoms with Gasteiger partial charge in [0.15, 0.2) is 23.5 Å². The number of aliphatic hydroxyl groups is 1. The van der Waals surface area contributed by atoms with E-state index in [-0.39, 0.29) is 12.2 Å². The van der Waals surface area contributed by atoms with E-state index in [9.17, 15) is 14.7 Å². The molecule has 2 amide bonds. The fourth-order valence-electron chi connectivity index (χ4n) is 4.57. The largest absolute Gasteiger partial charge is 0.490 e. The highest BCUT2D eigenvalue weighted by Gasteiger charge is 2.32. The number of halogens is 2. The first-order valence-electron chi connectivity index (χ1n) is 14.0. The molecule has 13 heteroatoms. The van der Waals surface area contributed by atoms with Gasteiger partial charge in [-0.3, -0.25) is 5.43 Å². The summed E-state index contributed by atoms with van der Waals surface area (Å²) >= 11 is 9.98. The van der Waals surface area contributed by atoms with Crippen molar-refractivity contribution in [2.75, 3.05) is 20.3 Å². The molecule has 3 aromatic carbocycles. The van der Waals surface area contributed by atoms with Gasteiger partial charge < -0.3 is 34.7 Å². The van der Waals surface area contributed by atoms with Crippen molar-refractivity contribution in [3.8, 4) is 17.2 Å². The smallest absolute Gasteiger partial charge is 0.337 e. The van der Waals surface area contributed by atoms with E-state index in [0.717, 1.165) is 11.1 Å². The van der Waals surface area contributed by atoms with Crippen LogP contribution in [0.25, 0.3) is 0 Å². The minimum atomic E-state index is -1.16. The topological polar surface area (TPSA) is 140 Å². The zero-order chi connectivity index (χ0) is 32.5. The van der Waals surface area contributed by atoms with Gasteiger partial charge in [-0.25, -0.2) is 9.59 Å². The molecular formula is C32H34BrClN4O7. The fraction of sp³-hybridized carbons (Fsp3) is 0.281. The molecule has 0 aromatic heterocycles. The Hall–Kier alpha value is -4.26. The number of nitrogens with one attached hydrogen (secondary N) is 3. The van der Waals surface area contributed by atoms with Gasteiger partial charge in [-0.15, -0.1) is 0 Å². The van der Waals surface area contributed by atoms with Crippen molar-refractivity contribution < 1.29 is 33.6 Å². The van der Waals surface area contributed by atoms with Crippen LogP contribution in [0.1, 0.15) is 42.1 Å². The molecule has 0 saturated heterocycles. The van der Waals surface area contributed by atoms with Crippen molar-refractivity contribution in [1.29, 1.82) is 0 Å². The van der Waals surface area contributed by atoms with Crippen LogP contribution in [0, 0.1) is 6.92 Å². The van der Waals surface area contributed by atoms with Gasteiger partial charge in [-0.05, 0) is 77.7 Å². The summed E-state index contributed by atoms with van der Waals surface area (Å²) in [6, 6.07) is 15.3. The number of ether oxygens (including phenoxy) is 4. The van der Waals surface area contributed by atoms with E-state index in [2.05, 4.69) is 37.1 Å². The lowest BCUT2D eigenvalue weighted by atomic mass is 9.95. The van der Waals surface area contributed by atoms with Crippen molar-refractivity contribution in [1.82, 2.24) is 16.1 Å². The normalized spacial score (nSPS) is 15.3. The average Bonchev–Trinajstić information content (AvgIpc) is 2.99. The number of aryl methyl sites for hydroxylation is 1. The molecule has 0 saturated carbocycles. The van der Waals surface area contributed by atoms with Crippen LogP contribution >= 0.6 is 27.5 Å². The molecule has 0 aliphatic carbocycles. The lowest BCUT2D eigenvalue weighted by Crippen LogP contribution is -2.45. The Labute approximate surface area is 274 Å². The fourth-order valence-corrected chi connectivity index (χ4v) is 5.56. The third-order valence-electron chi connectivity index (χ3n) is 6.60. The van der Waals surface area contributed by atoms with E-state index in [1.165, 1.54) is 13.3 Å². The van der Waals surface area contributed by atoms with E-state index in [1.54, 1.807) is 37.3 Å². The molecule has 1 heterocycles. The molecule has 0 spiro atoms. The Morgan fingerprint density at radius 2 is 1.93 bits per heavy atom. The van der Waals surface area contributed by atoms with Crippen LogP contribution in [0.3, 0.4) is 0 Å². The molecular weight excluding hydrogens is 668 g/mol. The van der Waals surface area contributed by atoms with E-state index < -0.39 is 24.3 Å². The van der Waals surface area contributed by atoms with Crippen molar-refractivity contribution in [3.05, 3.63) is 97.6 Å². The van der Waals surface area contributed by atoms with E-state index in [4.69, 9.17) is 30.5 Å². The van der Waals surface area contributed by atoms with Crippen molar-refractivity contribution in [3.63, 3.8) is 0 Å². The predicted octanol–water partition coefficient (Wildman–Crippen LogP) is 5.51. The molecule has 238 valence electrons. The number of rotatable bonds is 13. The monoisotopic (exact) mass is 700 g/mol. The second kappa shape index (κ2) is 15.6. The number of esters is 1. The van der Waals surface area contributed by atoms with Gasteiger partial charge >= 0.3 is 12.0 Å². The maximum Gasteiger partial charge on any atom is 0.337 e. The van der Waals surface area contributed by atoms with Crippen LogP contribution in [-0.4, -0.2) is 49.9 Å². The first-order chi connectivity index (χ1) is 21.6. The molecule has 2 atom stereocenters. The van der Waals surface area contributed by atoms with Gasteiger partial charge in [-0.2, -0.15) is 5.10 Å². The van der Waals surface area contributed by atoms with Crippen molar-refractivity contribution in [2.45, 2.75) is 39.6 Å². The Morgan fingerprint density at radius 1 is 1.13 bits per heavy atom. The summed E-state index contributed by atoms with van der Waals surface area (Å²) in [6.07, 6.45) is 0.346. The molecule has 0 unspecified atom stereocenters. The summed E-state index contributed by atoms with van der Waals surface area (Å²) in [5.74, 6) is 0.658. The quantitative estimate of drug-likeness (QED) is 0.0792. The SMILES string of the molecule is CCOc1cc([C@@H]2NC(=O)NC(C)=C2C(=O)OC)ccc1OC[C@@H](O)N/N=C\c1cc(Cl)c(OCc2cccc(C)c2)c(Br)c1. The number of carbonyl (C=O) groups is 2. The lowest BCUT2D eigenvalue weighted by molar-refractivity contribution is -0.136. The molecule has 4 rings (SSSR count). The molecule has 4 N–H and O–H groups in total. The molecule has 0 radical (unpaired) electrons. The molecule has 3 aromatic rings. The van der Waals surface area contributed by atoms with Crippen LogP contribution < -0.4 is 30.3 Å². The molecule has 11 nitrogen and oxygen atoms in total. The third kappa shape index (κ3) is 8.90. The average molecular weight is 702 g/mol. The highest BCUT2D eigenvalue weighted by molar-refractivity contribution is 9.10. The number of nitrogens with zero attached hydrogens (tertiary/aromatic N) is 1. The first-order valence-corrected chi connectivity index (χ1v) is 15.2. The number of hydrogen-bond acceptors (Lipinski definition) is 9. The molecule has 1 aliphatic heterocycles. The number of carbonyl (C=O) groups excluding carboxylic acids is 2. The van der Waals surface area contributed by atoms with E-state index in [0.29, 0.717) is 56.8 Å². The zero-order valence-electron chi connectivity index (χ0n) is 25.1. The lowest BCUT2D eigenvalue weighted by Gasteiger charge is -2.28. The Balaban J connectivity index is 1.37. The summed E-state index contributed by atoms with van der Waals surface area (Å²) in [6.45, 7) is 5.99. The van der Waals surface area contributed by atoms with Gasteiger partial charge in [0.25, 0.3) is 0 Å². The van der Waals surface area contributed by atoms with Crippen LogP contribution in [0.15, 0.2) is 75.4 Å². The van der Waals surface area contributed by atoms with Gasteiger partial charge in [0.1, 0.15) is 13.2 Å². The minimum absolute atomic E-state index is 0.163. The van der Waals surface area contributed by atoms with E-state index in [1.807, 2.05) is 38.1 Å². The van der Waals surface area contributed by atoms with Crippen LogP contribution in [0.2, 0.25) is 5.02 Å². The van der Waals surface area contributed by atoms with Gasteiger partial charge in [0.05, 0.1) is 41.0 Å². The number of methoxy groups -OCH3 is 1. The Bertz CT molecular complexity index is 1590. The van der Waals surface area contributed by atoms with Gasteiger partial charge in [0, 0.05) is 5.70 Å². The van der Waals surface area contributed by atoms with Crippen molar-refractivity contribution >= 4 is 45.7 Å². The summed E-state index contributed by atoms with van der Waals surface area (Å²) in [5.41, 5.74) is 6.70. The third-order valence-corrected chi connectivity index (χ3v) is 7.47. The Kier molecular flexibility index (Phi) is 11.7. The summed E-state index contributed by atoms with van der Waals surface area (Å²) < 4.78 is 23.1. The molecule has 1 aliphatic rings. The van der Waals surface area contributed by atoms with Crippen LogP contribution in [-0.2, 0) is 16.1 Å². The van der Waals surface area contributed by atoms with Crippen molar-refractivity contribution in [2.24, 2.45) is 5.10 Å². The molecule has 45 heavy (non-hydrogen) atoms. The summed E-state index contributed by atoms with van der Waals surface area (Å²) in [4.78, 5) is 24.6. The summed E-state index contributed by atoms with van der Waals surface area (Å²) in [5, 5.41) is 20.3. The summed E-state index contributed by atoms with van der Waals surface area (Å²) in [7, 11) is 1.27. The van der Waals surface area contributed by atoms with Gasteiger partial charge in [-0.1, -0.05) is 47.5 Å². The number of allylic oxidation sites excluding steroid dienone is 1. The maximum absolute atomic E-state index is 12.4. The second-order valence-electron chi connectivity index (χ2n) is 10.0.